The first-order valence-electron chi connectivity index (χ1n) is 12.1. The Kier molecular flexibility index (Phi) is 8.22. The van der Waals surface area contributed by atoms with Crippen molar-refractivity contribution in [3.63, 3.8) is 0 Å². The smallest absolute Gasteiger partial charge is 0.267 e. The van der Waals surface area contributed by atoms with E-state index in [1.807, 2.05) is 60.7 Å². The molecule has 0 atom stereocenters. The van der Waals surface area contributed by atoms with Gasteiger partial charge < -0.3 is 4.74 Å². The van der Waals surface area contributed by atoms with Crippen LogP contribution in [0.2, 0.25) is 5.02 Å². The summed E-state index contributed by atoms with van der Waals surface area (Å²) < 4.78 is 19.3. The third-order valence-corrected chi connectivity index (χ3v) is 7.16. The van der Waals surface area contributed by atoms with Gasteiger partial charge in [-0.1, -0.05) is 84.4 Å². The van der Waals surface area contributed by atoms with E-state index in [2.05, 4.69) is 0 Å². The maximum atomic E-state index is 13.6. The van der Waals surface area contributed by atoms with Crippen LogP contribution in [-0.4, -0.2) is 16.0 Å². The maximum Gasteiger partial charge on any atom is 0.267 e. The van der Waals surface area contributed by atoms with Crippen molar-refractivity contribution < 1.29 is 13.9 Å². The number of ether oxygens (including phenoxy) is 1. The van der Waals surface area contributed by atoms with Crippen molar-refractivity contribution in [2.24, 2.45) is 4.99 Å². The molecule has 1 aliphatic heterocycles. The molecule has 0 spiro atoms. The van der Waals surface area contributed by atoms with Gasteiger partial charge in [0.2, 0.25) is 0 Å². The van der Waals surface area contributed by atoms with E-state index in [0.717, 1.165) is 16.7 Å². The minimum atomic E-state index is -0.299. The SMILES string of the molecule is O=C1/C(=C/c2cc(Cl)ccc2OCc2ccc(F)cc2)SC(=NCc2ccccc2)N1Cc1ccccc1. The van der Waals surface area contributed by atoms with Crippen molar-refractivity contribution in [3.8, 4) is 5.75 Å². The summed E-state index contributed by atoms with van der Waals surface area (Å²) in [7, 11) is 0. The molecule has 190 valence electrons. The van der Waals surface area contributed by atoms with Gasteiger partial charge in [-0.3, -0.25) is 14.7 Å². The Hall–Kier alpha value is -3.87. The summed E-state index contributed by atoms with van der Waals surface area (Å²) in [5, 5.41) is 1.17. The molecule has 4 nitrogen and oxygen atoms in total. The third-order valence-electron chi connectivity index (χ3n) is 5.88. The van der Waals surface area contributed by atoms with Crippen molar-refractivity contribution in [2.45, 2.75) is 19.7 Å². The van der Waals surface area contributed by atoms with E-state index < -0.39 is 0 Å². The Morgan fingerprint density at radius 2 is 1.55 bits per heavy atom. The monoisotopic (exact) mass is 542 g/mol. The number of carbonyl (C=O) groups excluding carboxylic acids is 1. The maximum absolute atomic E-state index is 13.6. The second-order valence-corrected chi connectivity index (χ2v) is 10.1. The van der Waals surface area contributed by atoms with Gasteiger partial charge in [0.1, 0.15) is 18.2 Å². The van der Waals surface area contributed by atoms with E-state index in [4.69, 9.17) is 21.3 Å². The molecule has 4 aromatic carbocycles. The molecule has 1 heterocycles. The van der Waals surface area contributed by atoms with Crippen LogP contribution in [0.25, 0.3) is 6.08 Å². The number of rotatable bonds is 8. The summed E-state index contributed by atoms with van der Waals surface area (Å²) in [5.41, 5.74) is 3.59. The molecule has 0 saturated carbocycles. The zero-order valence-corrected chi connectivity index (χ0v) is 22.0. The van der Waals surface area contributed by atoms with Crippen LogP contribution in [0.4, 0.5) is 4.39 Å². The standard InChI is InChI=1S/C31H24ClFN2O2S/c32-26-13-16-28(37-21-24-11-14-27(33)15-12-24)25(17-26)18-29-30(36)35(20-23-9-5-2-6-10-23)31(38-29)34-19-22-7-3-1-4-8-22/h1-18H,19-21H2/b29-18-,34-31?. The molecule has 0 aromatic heterocycles. The summed E-state index contributed by atoms with van der Waals surface area (Å²) in [6.07, 6.45) is 1.79. The number of hydrogen-bond donors (Lipinski definition) is 0. The molecular formula is C31H24ClFN2O2S. The predicted molar refractivity (Wildman–Crippen MR) is 152 cm³/mol. The van der Waals surface area contributed by atoms with Gasteiger partial charge in [0.05, 0.1) is 18.0 Å². The van der Waals surface area contributed by atoms with E-state index in [1.54, 1.807) is 41.3 Å². The van der Waals surface area contributed by atoms with Crippen LogP contribution in [-0.2, 0) is 24.5 Å². The first kappa shape index (κ1) is 25.8. The van der Waals surface area contributed by atoms with Gasteiger partial charge in [0, 0.05) is 10.6 Å². The summed E-state index contributed by atoms with van der Waals surface area (Å²) >= 11 is 7.64. The van der Waals surface area contributed by atoms with Crippen molar-refractivity contribution in [1.82, 2.24) is 4.90 Å². The number of amides is 1. The number of thioether (sulfide) groups is 1. The molecule has 0 aliphatic carbocycles. The normalized spacial score (nSPS) is 15.4. The van der Waals surface area contributed by atoms with Crippen LogP contribution < -0.4 is 4.74 Å². The number of carbonyl (C=O) groups is 1. The second-order valence-electron chi connectivity index (χ2n) is 8.67. The first-order chi connectivity index (χ1) is 18.5. The molecule has 1 saturated heterocycles. The van der Waals surface area contributed by atoms with Gasteiger partial charge >= 0.3 is 0 Å². The van der Waals surface area contributed by atoms with Crippen LogP contribution in [0.5, 0.6) is 5.75 Å². The lowest BCUT2D eigenvalue weighted by atomic mass is 10.1. The van der Waals surface area contributed by atoms with Crippen LogP contribution in [0.3, 0.4) is 0 Å². The highest BCUT2D eigenvalue weighted by molar-refractivity contribution is 8.18. The Morgan fingerprint density at radius 1 is 0.868 bits per heavy atom. The molecule has 1 fully saturated rings. The molecule has 7 heteroatoms. The number of hydrogen-bond acceptors (Lipinski definition) is 4. The molecule has 1 amide bonds. The van der Waals surface area contributed by atoms with Crippen LogP contribution in [0.1, 0.15) is 22.3 Å². The third kappa shape index (κ3) is 6.52. The minimum Gasteiger partial charge on any atom is -0.488 e. The molecule has 5 rings (SSSR count). The quantitative estimate of drug-likeness (QED) is 0.214. The van der Waals surface area contributed by atoms with E-state index >= 15 is 0 Å². The van der Waals surface area contributed by atoms with Crippen molar-refractivity contribution in [1.29, 1.82) is 0 Å². The highest BCUT2D eigenvalue weighted by Gasteiger charge is 2.33. The van der Waals surface area contributed by atoms with Gasteiger partial charge in [-0.15, -0.1) is 0 Å². The summed E-state index contributed by atoms with van der Waals surface area (Å²) in [6, 6.07) is 31.2. The number of amidine groups is 1. The van der Waals surface area contributed by atoms with Crippen molar-refractivity contribution in [3.05, 3.63) is 141 Å². The lowest BCUT2D eigenvalue weighted by Crippen LogP contribution is -2.28. The van der Waals surface area contributed by atoms with Crippen molar-refractivity contribution >= 4 is 40.5 Å². The zero-order chi connectivity index (χ0) is 26.3. The number of aliphatic imine (C=N–C) groups is 1. The van der Waals surface area contributed by atoms with E-state index in [-0.39, 0.29) is 18.3 Å². The summed E-state index contributed by atoms with van der Waals surface area (Å²) in [6.45, 7) is 1.14. The fraction of sp³-hybridized carbons (Fsp3) is 0.0968. The highest BCUT2D eigenvalue weighted by Crippen LogP contribution is 2.36. The predicted octanol–water partition coefficient (Wildman–Crippen LogP) is 7.73. The van der Waals surface area contributed by atoms with Crippen LogP contribution in [0.15, 0.2) is 113 Å². The topological polar surface area (TPSA) is 41.9 Å². The summed E-state index contributed by atoms with van der Waals surface area (Å²) in [4.78, 5) is 20.6. The molecule has 38 heavy (non-hydrogen) atoms. The molecule has 4 aromatic rings. The van der Waals surface area contributed by atoms with E-state index in [0.29, 0.717) is 39.5 Å². The van der Waals surface area contributed by atoms with Gasteiger partial charge in [-0.05, 0) is 64.9 Å². The number of halogens is 2. The Morgan fingerprint density at radius 3 is 2.26 bits per heavy atom. The fourth-order valence-corrected chi connectivity index (χ4v) is 5.07. The number of nitrogens with zero attached hydrogens (tertiary/aromatic N) is 2. The minimum absolute atomic E-state index is 0.130. The number of benzene rings is 4. The largest absolute Gasteiger partial charge is 0.488 e. The molecular weight excluding hydrogens is 519 g/mol. The molecule has 0 unspecified atom stereocenters. The van der Waals surface area contributed by atoms with Gasteiger partial charge in [-0.25, -0.2) is 4.39 Å². The van der Waals surface area contributed by atoms with Crippen LogP contribution in [0, 0.1) is 5.82 Å². The van der Waals surface area contributed by atoms with Gasteiger partial charge in [0.25, 0.3) is 5.91 Å². The van der Waals surface area contributed by atoms with E-state index in [9.17, 15) is 9.18 Å². The second kappa shape index (κ2) is 12.1. The fourth-order valence-electron chi connectivity index (χ4n) is 3.92. The zero-order valence-electron chi connectivity index (χ0n) is 20.4. The average Bonchev–Trinajstić information content (AvgIpc) is 3.22. The molecule has 0 N–H and O–H groups in total. The van der Waals surface area contributed by atoms with Crippen molar-refractivity contribution in [2.75, 3.05) is 0 Å². The van der Waals surface area contributed by atoms with Gasteiger partial charge in [0.15, 0.2) is 5.17 Å². The molecule has 0 bridgehead atoms. The van der Waals surface area contributed by atoms with Gasteiger partial charge in [-0.2, -0.15) is 0 Å². The highest BCUT2D eigenvalue weighted by atomic mass is 35.5. The Bertz CT molecular complexity index is 1480. The summed E-state index contributed by atoms with van der Waals surface area (Å²) in [5.74, 6) is 0.145. The average molecular weight is 543 g/mol. The molecule has 0 radical (unpaired) electrons. The van der Waals surface area contributed by atoms with E-state index in [1.165, 1.54) is 23.9 Å². The van der Waals surface area contributed by atoms with Crippen LogP contribution >= 0.6 is 23.4 Å². The Balaban J connectivity index is 1.43. The lowest BCUT2D eigenvalue weighted by Gasteiger charge is -2.15. The lowest BCUT2D eigenvalue weighted by molar-refractivity contribution is -0.122. The first-order valence-corrected chi connectivity index (χ1v) is 13.2. The molecule has 1 aliphatic rings. The Labute approximate surface area is 230 Å².